The standard InChI is InChI=1S/C31H32O5/c1-33-28-20-29(34-2)26(15-11-22-12-16-27(31(32)36-4)30(18-22)35-3)19-25(28)14-10-21-9-13-23-7-5-6-8-24(23)17-21/h5-9,12-13,16-20H,10-11,14-15H2,1-4H3. The summed E-state index contributed by atoms with van der Waals surface area (Å²) in [5.41, 5.74) is 5.05. The molecule has 4 aromatic carbocycles. The van der Waals surface area contributed by atoms with Crippen molar-refractivity contribution in [2.75, 3.05) is 28.4 Å². The fourth-order valence-corrected chi connectivity index (χ4v) is 4.55. The number of benzene rings is 4. The molecule has 0 unspecified atom stereocenters. The third kappa shape index (κ3) is 5.62. The van der Waals surface area contributed by atoms with Crippen molar-refractivity contribution in [2.45, 2.75) is 25.7 Å². The lowest BCUT2D eigenvalue weighted by atomic mass is 9.96. The van der Waals surface area contributed by atoms with E-state index in [1.807, 2.05) is 18.2 Å². The van der Waals surface area contributed by atoms with Crippen molar-refractivity contribution in [3.63, 3.8) is 0 Å². The normalized spacial score (nSPS) is 10.8. The van der Waals surface area contributed by atoms with E-state index in [1.54, 1.807) is 27.4 Å². The Labute approximate surface area is 212 Å². The first kappa shape index (κ1) is 25.1. The van der Waals surface area contributed by atoms with Crippen LogP contribution in [0.3, 0.4) is 0 Å². The maximum absolute atomic E-state index is 12.0. The van der Waals surface area contributed by atoms with Gasteiger partial charge in [-0.25, -0.2) is 4.79 Å². The second-order valence-corrected chi connectivity index (χ2v) is 8.68. The van der Waals surface area contributed by atoms with Crippen LogP contribution < -0.4 is 14.2 Å². The highest BCUT2D eigenvalue weighted by molar-refractivity contribution is 5.92. The Hall–Kier alpha value is -3.99. The molecule has 0 aliphatic rings. The fourth-order valence-electron chi connectivity index (χ4n) is 4.55. The highest BCUT2D eigenvalue weighted by Crippen LogP contribution is 2.32. The predicted octanol–water partition coefficient (Wildman–Crippen LogP) is 6.22. The maximum atomic E-state index is 12.0. The van der Waals surface area contributed by atoms with Crippen LogP contribution in [-0.4, -0.2) is 34.4 Å². The number of rotatable bonds is 10. The second-order valence-electron chi connectivity index (χ2n) is 8.68. The summed E-state index contributed by atoms with van der Waals surface area (Å²) < 4.78 is 21.6. The van der Waals surface area contributed by atoms with Gasteiger partial charge in [0.15, 0.2) is 0 Å². The van der Waals surface area contributed by atoms with Crippen molar-refractivity contribution < 1.29 is 23.7 Å². The number of carbonyl (C=O) groups is 1. The van der Waals surface area contributed by atoms with Gasteiger partial charge in [-0.2, -0.15) is 0 Å². The Morgan fingerprint density at radius 2 is 1.17 bits per heavy atom. The van der Waals surface area contributed by atoms with E-state index in [0.29, 0.717) is 11.3 Å². The molecule has 0 atom stereocenters. The second kappa shape index (κ2) is 11.6. The van der Waals surface area contributed by atoms with Crippen LogP contribution in [0.15, 0.2) is 72.8 Å². The smallest absolute Gasteiger partial charge is 0.341 e. The summed E-state index contributed by atoms with van der Waals surface area (Å²) in [6.07, 6.45) is 3.32. The van der Waals surface area contributed by atoms with Gasteiger partial charge in [-0.1, -0.05) is 48.5 Å². The number of hydrogen-bond acceptors (Lipinski definition) is 5. The number of esters is 1. The molecule has 4 rings (SSSR count). The summed E-state index contributed by atoms with van der Waals surface area (Å²) in [5, 5.41) is 2.51. The molecule has 0 aliphatic heterocycles. The Balaban J connectivity index is 1.53. The minimum Gasteiger partial charge on any atom is -0.496 e. The third-order valence-electron chi connectivity index (χ3n) is 6.53. The first-order valence-corrected chi connectivity index (χ1v) is 12.0. The fraction of sp³-hybridized carbons (Fsp3) is 0.258. The van der Waals surface area contributed by atoms with E-state index >= 15 is 0 Å². The Morgan fingerprint density at radius 3 is 1.78 bits per heavy atom. The van der Waals surface area contributed by atoms with E-state index in [4.69, 9.17) is 18.9 Å². The Kier molecular flexibility index (Phi) is 8.11. The van der Waals surface area contributed by atoms with Crippen LogP contribution in [0.1, 0.15) is 32.6 Å². The molecule has 0 bridgehead atoms. The van der Waals surface area contributed by atoms with Gasteiger partial charge in [0.25, 0.3) is 0 Å². The monoisotopic (exact) mass is 484 g/mol. The molecule has 0 fully saturated rings. The van der Waals surface area contributed by atoms with Gasteiger partial charge in [0.1, 0.15) is 22.8 Å². The lowest BCUT2D eigenvalue weighted by molar-refractivity contribution is 0.0597. The van der Waals surface area contributed by atoms with Crippen LogP contribution in [0.5, 0.6) is 17.2 Å². The zero-order valence-corrected chi connectivity index (χ0v) is 21.3. The van der Waals surface area contributed by atoms with E-state index in [0.717, 1.165) is 53.9 Å². The van der Waals surface area contributed by atoms with E-state index in [2.05, 4.69) is 48.5 Å². The largest absolute Gasteiger partial charge is 0.496 e. The molecule has 0 heterocycles. The zero-order valence-electron chi connectivity index (χ0n) is 21.3. The van der Waals surface area contributed by atoms with Gasteiger partial charge in [0.05, 0.1) is 28.4 Å². The molecule has 5 heteroatoms. The van der Waals surface area contributed by atoms with Crippen molar-refractivity contribution in [1.29, 1.82) is 0 Å². The molecule has 186 valence electrons. The minimum absolute atomic E-state index is 0.411. The van der Waals surface area contributed by atoms with Crippen molar-refractivity contribution in [3.8, 4) is 17.2 Å². The third-order valence-corrected chi connectivity index (χ3v) is 6.53. The van der Waals surface area contributed by atoms with Crippen LogP contribution in [0.2, 0.25) is 0 Å². The number of fused-ring (bicyclic) bond motifs is 1. The van der Waals surface area contributed by atoms with Gasteiger partial charge in [0.2, 0.25) is 0 Å². The van der Waals surface area contributed by atoms with Crippen LogP contribution in [0.25, 0.3) is 10.8 Å². The van der Waals surface area contributed by atoms with E-state index in [-0.39, 0.29) is 0 Å². The molecule has 0 amide bonds. The highest BCUT2D eigenvalue weighted by atomic mass is 16.5. The number of hydrogen-bond donors (Lipinski definition) is 0. The maximum Gasteiger partial charge on any atom is 0.341 e. The SMILES string of the molecule is COC(=O)c1ccc(CCc2cc(CCc3ccc4ccccc4c3)c(OC)cc2OC)cc1OC. The summed E-state index contributed by atoms with van der Waals surface area (Å²) in [5.74, 6) is 1.74. The molecule has 0 aliphatic carbocycles. The molecule has 4 aromatic rings. The molecule has 5 nitrogen and oxygen atoms in total. The van der Waals surface area contributed by atoms with Crippen LogP contribution >= 0.6 is 0 Å². The topological polar surface area (TPSA) is 54.0 Å². The molecule has 0 saturated carbocycles. The Morgan fingerprint density at radius 1 is 0.583 bits per heavy atom. The van der Waals surface area contributed by atoms with Crippen LogP contribution in [0.4, 0.5) is 0 Å². The van der Waals surface area contributed by atoms with Crippen LogP contribution in [0, 0.1) is 0 Å². The summed E-state index contributed by atoms with van der Waals surface area (Å²) in [6.45, 7) is 0. The lowest BCUT2D eigenvalue weighted by Crippen LogP contribution is -2.05. The quantitative estimate of drug-likeness (QED) is 0.250. The minimum atomic E-state index is -0.411. The summed E-state index contributed by atoms with van der Waals surface area (Å²) >= 11 is 0. The van der Waals surface area contributed by atoms with Gasteiger partial charge in [-0.15, -0.1) is 0 Å². The number of aryl methyl sites for hydroxylation is 4. The molecule has 0 N–H and O–H groups in total. The van der Waals surface area contributed by atoms with Gasteiger partial charge >= 0.3 is 5.97 Å². The van der Waals surface area contributed by atoms with Crippen LogP contribution in [-0.2, 0) is 30.4 Å². The van der Waals surface area contributed by atoms with E-state index in [1.165, 1.54) is 23.4 Å². The zero-order chi connectivity index (χ0) is 25.5. The molecule has 0 radical (unpaired) electrons. The Bertz CT molecular complexity index is 1360. The first-order valence-electron chi connectivity index (χ1n) is 12.0. The first-order chi connectivity index (χ1) is 17.6. The van der Waals surface area contributed by atoms with Crippen molar-refractivity contribution >= 4 is 16.7 Å². The van der Waals surface area contributed by atoms with Gasteiger partial charge in [-0.3, -0.25) is 0 Å². The van der Waals surface area contributed by atoms with Gasteiger partial charge < -0.3 is 18.9 Å². The highest BCUT2D eigenvalue weighted by Gasteiger charge is 2.15. The number of carbonyl (C=O) groups excluding carboxylic acids is 1. The molecule has 0 aromatic heterocycles. The van der Waals surface area contributed by atoms with Gasteiger partial charge in [0, 0.05) is 6.07 Å². The van der Waals surface area contributed by atoms with Gasteiger partial charge in [-0.05, 0) is 76.9 Å². The molecule has 36 heavy (non-hydrogen) atoms. The number of ether oxygens (including phenoxy) is 4. The molecule has 0 spiro atoms. The summed E-state index contributed by atoms with van der Waals surface area (Å²) in [7, 11) is 6.30. The van der Waals surface area contributed by atoms with E-state index < -0.39 is 5.97 Å². The molecule has 0 saturated heterocycles. The summed E-state index contributed by atoms with van der Waals surface area (Å²) in [4.78, 5) is 12.0. The van der Waals surface area contributed by atoms with Crippen molar-refractivity contribution in [2.24, 2.45) is 0 Å². The summed E-state index contributed by atoms with van der Waals surface area (Å²) in [6, 6.07) is 24.8. The van der Waals surface area contributed by atoms with Crippen molar-refractivity contribution in [1.82, 2.24) is 0 Å². The predicted molar refractivity (Wildman–Crippen MR) is 143 cm³/mol. The average Bonchev–Trinajstić information content (AvgIpc) is 2.93. The lowest BCUT2D eigenvalue weighted by Gasteiger charge is -2.16. The average molecular weight is 485 g/mol. The van der Waals surface area contributed by atoms with E-state index in [9.17, 15) is 4.79 Å². The number of methoxy groups -OCH3 is 4. The molecular formula is C31H32O5. The molecular weight excluding hydrogens is 452 g/mol. The van der Waals surface area contributed by atoms with Crippen molar-refractivity contribution in [3.05, 3.63) is 101 Å².